The van der Waals surface area contributed by atoms with Crippen LogP contribution in [0.15, 0.2) is 54.6 Å². The SMILES string of the molecule is Nc1ccc2cc(-c3ccc(F)c(Cl)c3)ccc2c1. The lowest BCUT2D eigenvalue weighted by atomic mass is 10.0. The van der Waals surface area contributed by atoms with E-state index in [1.165, 1.54) is 6.07 Å². The van der Waals surface area contributed by atoms with Crippen molar-refractivity contribution in [2.45, 2.75) is 0 Å². The van der Waals surface area contributed by atoms with Crippen molar-refractivity contribution in [3.63, 3.8) is 0 Å². The molecule has 0 fully saturated rings. The molecule has 0 atom stereocenters. The summed E-state index contributed by atoms with van der Waals surface area (Å²) in [4.78, 5) is 0. The molecule has 0 aromatic heterocycles. The van der Waals surface area contributed by atoms with E-state index < -0.39 is 5.82 Å². The highest BCUT2D eigenvalue weighted by molar-refractivity contribution is 6.31. The summed E-state index contributed by atoms with van der Waals surface area (Å²) in [6, 6.07) is 16.5. The van der Waals surface area contributed by atoms with Crippen LogP contribution in [0.3, 0.4) is 0 Å². The van der Waals surface area contributed by atoms with E-state index in [9.17, 15) is 4.39 Å². The Kier molecular flexibility index (Phi) is 2.88. The fourth-order valence-electron chi connectivity index (χ4n) is 2.12. The molecule has 0 saturated heterocycles. The van der Waals surface area contributed by atoms with Gasteiger partial charge in [0.25, 0.3) is 0 Å². The van der Waals surface area contributed by atoms with Crippen LogP contribution < -0.4 is 5.73 Å². The first-order valence-corrected chi connectivity index (χ1v) is 6.26. The van der Waals surface area contributed by atoms with Gasteiger partial charge in [-0.05, 0) is 52.2 Å². The van der Waals surface area contributed by atoms with E-state index in [2.05, 4.69) is 0 Å². The van der Waals surface area contributed by atoms with E-state index in [4.69, 9.17) is 17.3 Å². The van der Waals surface area contributed by atoms with Gasteiger partial charge in [0.2, 0.25) is 0 Å². The summed E-state index contributed by atoms with van der Waals surface area (Å²) in [6.45, 7) is 0. The van der Waals surface area contributed by atoms with Gasteiger partial charge in [0.05, 0.1) is 5.02 Å². The Morgan fingerprint density at radius 1 is 0.789 bits per heavy atom. The molecule has 0 bridgehead atoms. The maximum absolute atomic E-state index is 13.2. The van der Waals surface area contributed by atoms with Crippen LogP contribution in [0.2, 0.25) is 5.02 Å². The second kappa shape index (κ2) is 4.56. The molecule has 1 nitrogen and oxygen atoms in total. The zero-order valence-electron chi connectivity index (χ0n) is 10.0. The van der Waals surface area contributed by atoms with Gasteiger partial charge in [0.15, 0.2) is 0 Å². The van der Waals surface area contributed by atoms with Crippen LogP contribution in [-0.4, -0.2) is 0 Å². The number of hydrogen-bond donors (Lipinski definition) is 1. The minimum atomic E-state index is -0.404. The van der Waals surface area contributed by atoms with Gasteiger partial charge in [-0.15, -0.1) is 0 Å². The zero-order valence-corrected chi connectivity index (χ0v) is 10.8. The summed E-state index contributed by atoms with van der Waals surface area (Å²) < 4.78 is 13.2. The van der Waals surface area contributed by atoms with Crippen molar-refractivity contribution < 1.29 is 4.39 Å². The van der Waals surface area contributed by atoms with E-state index in [0.717, 1.165) is 27.6 Å². The molecule has 3 rings (SSSR count). The van der Waals surface area contributed by atoms with Crippen molar-refractivity contribution in [2.24, 2.45) is 0 Å². The Balaban J connectivity index is 2.14. The molecule has 2 N–H and O–H groups in total. The van der Waals surface area contributed by atoms with Crippen LogP contribution in [-0.2, 0) is 0 Å². The number of hydrogen-bond acceptors (Lipinski definition) is 1. The smallest absolute Gasteiger partial charge is 0.141 e. The summed E-state index contributed by atoms with van der Waals surface area (Å²) >= 11 is 5.81. The molecule has 0 amide bonds. The molecule has 0 aliphatic heterocycles. The minimum absolute atomic E-state index is 0.134. The third-order valence-electron chi connectivity index (χ3n) is 3.12. The van der Waals surface area contributed by atoms with E-state index in [-0.39, 0.29) is 5.02 Å². The average molecular weight is 272 g/mol. The van der Waals surface area contributed by atoms with Crippen molar-refractivity contribution in [1.82, 2.24) is 0 Å². The lowest BCUT2D eigenvalue weighted by Gasteiger charge is -2.06. The van der Waals surface area contributed by atoms with Gasteiger partial charge >= 0.3 is 0 Å². The molecule has 0 radical (unpaired) electrons. The zero-order chi connectivity index (χ0) is 13.4. The lowest BCUT2D eigenvalue weighted by molar-refractivity contribution is 0.628. The van der Waals surface area contributed by atoms with Gasteiger partial charge in [-0.2, -0.15) is 0 Å². The van der Waals surface area contributed by atoms with Gasteiger partial charge in [0, 0.05) is 5.69 Å². The third-order valence-corrected chi connectivity index (χ3v) is 3.41. The number of nitrogen functional groups attached to an aromatic ring is 1. The monoisotopic (exact) mass is 271 g/mol. The Morgan fingerprint density at radius 2 is 1.42 bits per heavy atom. The minimum Gasteiger partial charge on any atom is -0.399 e. The fraction of sp³-hybridized carbons (Fsp3) is 0. The average Bonchev–Trinajstić information content (AvgIpc) is 2.41. The van der Waals surface area contributed by atoms with Crippen molar-refractivity contribution in [2.75, 3.05) is 5.73 Å². The van der Waals surface area contributed by atoms with Gasteiger partial charge in [0.1, 0.15) is 5.82 Å². The lowest BCUT2D eigenvalue weighted by Crippen LogP contribution is -1.85. The largest absolute Gasteiger partial charge is 0.399 e. The van der Waals surface area contributed by atoms with E-state index >= 15 is 0 Å². The van der Waals surface area contributed by atoms with Gasteiger partial charge < -0.3 is 5.73 Å². The van der Waals surface area contributed by atoms with Crippen molar-refractivity contribution in [3.05, 3.63) is 65.4 Å². The van der Waals surface area contributed by atoms with Crippen molar-refractivity contribution >= 4 is 28.1 Å². The molecule has 3 aromatic rings. The Bertz CT molecular complexity index is 768. The predicted octanol–water partition coefficient (Wildman–Crippen LogP) is 4.88. The van der Waals surface area contributed by atoms with Crippen LogP contribution in [0.1, 0.15) is 0 Å². The molecule has 0 aliphatic carbocycles. The van der Waals surface area contributed by atoms with Gasteiger partial charge in [-0.3, -0.25) is 0 Å². The van der Waals surface area contributed by atoms with Gasteiger partial charge in [-0.25, -0.2) is 4.39 Å². The number of fused-ring (bicyclic) bond motifs is 1. The number of benzene rings is 3. The molecule has 3 heteroatoms. The molecule has 0 unspecified atom stereocenters. The first-order chi connectivity index (χ1) is 9.13. The van der Waals surface area contributed by atoms with Crippen LogP contribution in [0.4, 0.5) is 10.1 Å². The molecule has 0 saturated carbocycles. The first kappa shape index (κ1) is 12.0. The highest BCUT2D eigenvalue weighted by Gasteiger charge is 2.04. The summed E-state index contributed by atoms with van der Waals surface area (Å²) in [6.07, 6.45) is 0. The van der Waals surface area contributed by atoms with E-state index in [1.54, 1.807) is 12.1 Å². The molecule has 19 heavy (non-hydrogen) atoms. The molecule has 0 heterocycles. The summed E-state index contributed by atoms with van der Waals surface area (Å²) in [7, 11) is 0. The quantitative estimate of drug-likeness (QED) is 0.627. The Morgan fingerprint density at radius 3 is 2.21 bits per heavy atom. The van der Waals surface area contributed by atoms with Crippen LogP contribution in [0, 0.1) is 5.82 Å². The molecule has 0 spiro atoms. The van der Waals surface area contributed by atoms with Crippen molar-refractivity contribution in [1.29, 1.82) is 0 Å². The summed E-state index contributed by atoms with van der Waals surface area (Å²) in [5.74, 6) is -0.404. The van der Waals surface area contributed by atoms with Gasteiger partial charge in [-0.1, -0.05) is 35.9 Å². The summed E-state index contributed by atoms with van der Waals surface area (Å²) in [5, 5.41) is 2.30. The molecular formula is C16H11ClFN. The Labute approximate surface area is 115 Å². The van der Waals surface area contributed by atoms with Crippen LogP contribution in [0.25, 0.3) is 21.9 Å². The number of halogens is 2. The number of anilines is 1. The first-order valence-electron chi connectivity index (χ1n) is 5.88. The predicted molar refractivity (Wildman–Crippen MR) is 78.8 cm³/mol. The second-order valence-electron chi connectivity index (χ2n) is 4.45. The summed E-state index contributed by atoms with van der Waals surface area (Å²) in [5.41, 5.74) is 8.38. The Hall–Kier alpha value is -2.06. The fourth-order valence-corrected chi connectivity index (χ4v) is 2.30. The normalized spacial score (nSPS) is 10.8. The third kappa shape index (κ3) is 2.27. The van der Waals surface area contributed by atoms with E-state index in [1.807, 2.05) is 36.4 Å². The maximum Gasteiger partial charge on any atom is 0.141 e. The highest BCUT2D eigenvalue weighted by Crippen LogP contribution is 2.28. The number of nitrogens with two attached hydrogens (primary N) is 1. The van der Waals surface area contributed by atoms with Crippen LogP contribution >= 0.6 is 11.6 Å². The van der Waals surface area contributed by atoms with E-state index in [0.29, 0.717) is 0 Å². The van der Waals surface area contributed by atoms with Crippen LogP contribution in [0.5, 0.6) is 0 Å². The molecule has 0 aliphatic rings. The van der Waals surface area contributed by atoms with Crippen molar-refractivity contribution in [3.8, 4) is 11.1 Å². The molecule has 94 valence electrons. The maximum atomic E-state index is 13.2. The molecule has 3 aromatic carbocycles. The second-order valence-corrected chi connectivity index (χ2v) is 4.86. The molecular weight excluding hydrogens is 261 g/mol. The standard InChI is InChI=1S/C16H11ClFN/c17-15-9-13(4-6-16(15)18)10-1-2-12-8-14(19)5-3-11(12)7-10/h1-9H,19H2. The topological polar surface area (TPSA) is 26.0 Å². The number of rotatable bonds is 1. The highest BCUT2D eigenvalue weighted by atomic mass is 35.5.